The van der Waals surface area contributed by atoms with Gasteiger partial charge in [-0.05, 0) is 43.2 Å². The Morgan fingerprint density at radius 2 is 1.92 bits per heavy atom. The van der Waals surface area contributed by atoms with Crippen molar-refractivity contribution in [2.45, 2.75) is 25.1 Å². The molecule has 1 unspecified atom stereocenters. The molecule has 0 aliphatic carbocycles. The number of halogens is 3. The second-order valence-electron chi connectivity index (χ2n) is 6.40. The molecule has 138 valence electrons. The smallest absolute Gasteiger partial charge is 0.355 e. The van der Waals surface area contributed by atoms with Gasteiger partial charge in [0.25, 0.3) is 5.91 Å². The number of rotatable bonds is 3. The second kappa shape index (κ2) is 7.37. The van der Waals surface area contributed by atoms with Crippen molar-refractivity contribution < 1.29 is 18.0 Å². The van der Waals surface area contributed by atoms with E-state index in [2.05, 4.69) is 5.32 Å². The molecule has 1 saturated heterocycles. The molecule has 0 spiro atoms. The highest BCUT2D eigenvalue weighted by atomic mass is 19.4. The van der Waals surface area contributed by atoms with Crippen LogP contribution in [-0.4, -0.2) is 29.9 Å². The number of anilines is 2. The van der Waals surface area contributed by atoms with Crippen LogP contribution in [0.3, 0.4) is 0 Å². The summed E-state index contributed by atoms with van der Waals surface area (Å²) in [6.45, 7) is 1.11. The van der Waals surface area contributed by atoms with E-state index in [0.717, 1.165) is 25.0 Å². The van der Waals surface area contributed by atoms with Crippen LogP contribution in [0.25, 0.3) is 0 Å². The first-order valence-corrected chi connectivity index (χ1v) is 8.43. The van der Waals surface area contributed by atoms with E-state index in [9.17, 15) is 18.0 Å². The molecule has 3 rings (SSSR count). The first-order valence-electron chi connectivity index (χ1n) is 8.43. The van der Waals surface area contributed by atoms with E-state index in [0.29, 0.717) is 24.3 Å². The highest BCUT2D eigenvalue weighted by Crippen LogP contribution is 2.32. The molecule has 1 heterocycles. The molecule has 2 aromatic carbocycles. The van der Waals surface area contributed by atoms with Crippen LogP contribution in [-0.2, 0) is 6.18 Å². The van der Waals surface area contributed by atoms with Crippen molar-refractivity contribution in [3.05, 3.63) is 59.7 Å². The summed E-state index contributed by atoms with van der Waals surface area (Å²) in [6, 6.07) is 11.7. The summed E-state index contributed by atoms with van der Waals surface area (Å²) in [5, 5.41) is 2.94. The molecule has 1 aliphatic heterocycles. The standard InChI is InChI=1S/C19H20F3N3O/c20-19(21,22)13-5-3-7-15(11-13)24-17-9-2-1-8-16(17)18(26)25-10-4-6-14(23)12-25/h1-3,5,7-9,11,14,24H,4,6,10,12,23H2. The summed E-state index contributed by atoms with van der Waals surface area (Å²) in [5.41, 5.74) is 6.36. The molecule has 0 radical (unpaired) electrons. The third kappa shape index (κ3) is 4.16. The number of amides is 1. The van der Waals surface area contributed by atoms with Crippen LogP contribution in [0.4, 0.5) is 24.5 Å². The van der Waals surface area contributed by atoms with Crippen LogP contribution in [0.2, 0.25) is 0 Å². The molecule has 7 heteroatoms. The fraction of sp³-hybridized carbons (Fsp3) is 0.316. The number of hydrogen-bond acceptors (Lipinski definition) is 3. The molecule has 1 fully saturated rings. The highest BCUT2D eigenvalue weighted by Gasteiger charge is 2.30. The van der Waals surface area contributed by atoms with Crippen molar-refractivity contribution in [2.24, 2.45) is 5.73 Å². The number of carbonyl (C=O) groups excluding carboxylic acids is 1. The molecule has 0 aromatic heterocycles. The van der Waals surface area contributed by atoms with Gasteiger partial charge in [-0.25, -0.2) is 0 Å². The molecule has 1 atom stereocenters. The van der Waals surface area contributed by atoms with Crippen LogP contribution in [0.1, 0.15) is 28.8 Å². The Kier molecular flexibility index (Phi) is 5.18. The van der Waals surface area contributed by atoms with Gasteiger partial charge in [0.05, 0.1) is 16.8 Å². The SMILES string of the molecule is NC1CCCN(C(=O)c2ccccc2Nc2cccc(C(F)(F)F)c2)C1. The minimum Gasteiger partial charge on any atom is -0.355 e. The fourth-order valence-electron chi connectivity index (χ4n) is 3.07. The van der Waals surface area contributed by atoms with Gasteiger partial charge in [-0.2, -0.15) is 13.2 Å². The lowest BCUT2D eigenvalue weighted by molar-refractivity contribution is -0.137. The monoisotopic (exact) mass is 363 g/mol. The number of para-hydroxylation sites is 1. The minimum absolute atomic E-state index is 0.0451. The minimum atomic E-state index is -4.42. The Balaban J connectivity index is 1.85. The third-order valence-corrected chi connectivity index (χ3v) is 4.37. The number of likely N-dealkylation sites (tertiary alicyclic amines) is 1. The molecule has 26 heavy (non-hydrogen) atoms. The summed E-state index contributed by atoms with van der Waals surface area (Å²) in [7, 11) is 0. The molecule has 4 nitrogen and oxygen atoms in total. The number of hydrogen-bond donors (Lipinski definition) is 2. The first kappa shape index (κ1) is 18.3. The first-order chi connectivity index (χ1) is 12.3. The molecule has 0 saturated carbocycles. The number of alkyl halides is 3. The predicted octanol–water partition coefficient (Wildman–Crippen LogP) is 4.01. The topological polar surface area (TPSA) is 58.4 Å². The molecule has 0 bridgehead atoms. The van der Waals surface area contributed by atoms with Crippen molar-refractivity contribution in [1.29, 1.82) is 0 Å². The highest BCUT2D eigenvalue weighted by molar-refractivity contribution is 6.00. The van der Waals surface area contributed by atoms with E-state index in [-0.39, 0.29) is 17.6 Å². The zero-order valence-corrected chi connectivity index (χ0v) is 14.1. The van der Waals surface area contributed by atoms with Crippen molar-refractivity contribution in [2.75, 3.05) is 18.4 Å². The summed E-state index contributed by atoms with van der Waals surface area (Å²) >= 11 is 0. The zero-order chi connectivity index (χ0) is 18.7. The molecule has 1 amide bonds. The van der Waals surface area contributed by atoms with E-state index < -0.39 is 11.7 Å². The summed E-state index contributed by atoms with van der Waals surface area (Å²) in [6.07, 6.45) is -2.69. The van der Waals surface area contributed by atoms with E-state index in [1.165, 1.54) is 12.1 Å². The van der Waals surface area contributed by atoms with E-state index in [1.54, 1.807) is 29.2 Å². The van der Waals surface area contributed by atoms with Crippen LogP contribution in [0.15, 0.2) is 48.5 Å². The fourth-order valence-corrected chi connectivity index (χ4v) is 3.07. The normalized spacial score (nSPS) is 17.8. The third-order valence-electron chi connectivity index (χ3n) is 4.37. The van der Waals surface area contributed by atoms with E-state index in [1.807, 2.05) is 0 Å². The zero-order valence-electron chi connectivity index (χ0n) is 14.1. The lowest BCUT2D eigenvalue weighted by Gasteiger charge is -2.31. The predicted molar refractivity (Wildman–Crippen MR) is 94.3 cm³/mol. The largest absolute Gasteiger partial charge is 0.416 e. The number of carbonyl (C=O) groups is 1. The Morgan fingerprint density at radius 1 is 1.15 bits per heavy atom. The lowest BCUT2D eigenvalue weighted by Crippen LogP contribution is -2.45. The number of nitrogens with zero attached hydrogens (tertiary/aromatic N) is 1. The van der Waals surface area contributed by atoms with Gasteiger partial charge in [-0.15, -0.1) is 0 Å². The number of benzene rings is 2. The number of nitrogens with two attached hydrogens (primary N) is 1. The molecule has 2 aromatic rings. The summed E-state index contributed by atoms with van der Waals surface area (Å²) in [5.74, 6) is -0.171. The Morgan fingerprint density at radius 3 is 2.65 bits per heavy atom. The van der Waals surface area contributed by atoms with Gasteiger partial charge in [-0.3, -0.25) is 4.79 Å². The Labute approximate surface area is 149 Å². The van der Waals surface area contributed by atoms with Gasteiger partial charge in [0, 0.05) is 24.8 Å². The summed E-state index contributed by atoms with van der Waals surface area (Å²) < 4.78 is 38.7. The Hall–Kier alpha value is -2.54. The van der Waals surface area contributed by atoms with Crippen molar-refractivity contribution in [1.82, 2.24) is 4.90 Å². The van der Waals surface area contributed by atoms with Crippen LogP contribution >= 0.6 is 0 Å². The summed E-state index contributed by atoms with van der Waals surface area (Å²) in [4.78, 5) is 14.5. The van der Waals surface area contributed by atoms with E-state index in [4.69, 9.17) is 5.73 Å². The van der Waals surface area contributed by atoms with Crippen molar-refractivity contribution >= 4 is 17.3 Å². The van der Waals surface area contributed by atoms with Crippen LogP contribution in [0.5, 0.6) is 0 Å². The van der Waals surface area contributed by atoms with Crippen molar-refractivity contribution in [3.63, 3.8) is 0 Å². The quantitative estimate of drug-likeness (QED) is 0.866. The number of piperidine rings is 1. The van der Waals surface area contributed by atoms with Gasteiger partial charge < -0.3 is 16.0 Å². The van der Waals surface area contributed by atoms with Gasteiger partial charge in [-0.1, -0.05) is 18.2 Å². The molecule has 1 aliphatic rings. The molecular formula is C19H20F3N3O. The molecule has 3 N–H and O–H groups in total. The lowest BCUT2D eigenvalue weighted by atomic mass is 10.0. The van der Waals surface area contributed by atoms with Gasteiger partial charge in [0.1, 0.15) is 0 Å². The average Bonchev–Trinajstić information content (AvgIpc) is 2.61. The maximum absolute atomic E-state index is 12.9. The Bertz CT molecular complexity index is 792. The van der Waals surface area contributed by atoms with E-state index >= 15 is 0 Å². The average molecular weight is 363 g/mol. The maximum atomic E-state index is 12.9. The van der Waals surface area contributed by atoms with Crippen molar-refractivity contribution in [3.8, 4) is 0 Å². The van der Waals surface area contributed by atoms with Gasteiger partial charge in [0.15, 0.2) is 0 Å². The van der Waals surface area contributed by atoms with Gasteiger partial charge >= 0.3 is 6.18 Å². The maximum Gasteiger partial charge on any atom is 0.416 e. The van der Waals surface area contributed by atoms with Gasteiger partial charge in [0.2, 0.25) is 0 Å². The molecular weight excluding hydrogens is 343 g/mol. The second-order valence-corrected chi connectivity index (χ2v) is 6.40. The number of nitrogens with one attached hydrogen (secondary N) is 1. The van der Waals surface area contributed by atoms with Crippen LogP contribution in [0, 0.1) is 0 Å². The van der Waals surface area contributed by atoms with Crippen LogP contribution < -0.4 is 11.1 Å².